The van der Waals surface area contributed by atoms with Crippen LogP contribution >= 0.6 is 0 Å². The zero-order valence-electron chi connectivity index (χ0n) is 8.65. The Morgan fingerprint density at radius 3 is 2.87 bits per heavy atom. The number of benzene rings is 1. The Balaban J connectivity index is 2.74. The van der Waals surface area contributed by atoms with E-state index in [0.717, 1.165) is 11.3 Å². The minimum atomic E-state index is -1.11. The zero-order valence-corrected chi connectivity index (χ0v) is 9.47. The molecule has 1 N–H and O–H groups in total. The zero-order chi connectivity index (χ0) is 11.3. The van der Waals surface area contributed by atoms with Gasteiger partial charge in [-0.15, -0.1) is 0 Å². The smallest absolute Gasteiger partial charge is 0.309 e. The highest BCUT2D eigenvalue weighted by atomic mass is 32.2. The topological polar surface area (TPSA) is 55.4 Å². The molecule has 0 spiro atoms. The van der Waals surface area contributed by atoms with E-state index in [0.29, 0.717) is 0 Å². The number of hydrogen-bond donors (Lipinski definition) is 1. The maximum absolute atomic E-state index is 11.0. The standard InChI is InChI=1S/C10H13NO3S/c1-14-10(12)7-8-4-3-5-9(6-8)11-15(2)13/h3-6,11H,7H2,1-2H3. The summed E-state index contributed by atoms with van der Waals surface area (Å²) < 4.78 is 18.2. The summed E-state index contributed by atoms with van der Waals surface area (Å²) >= 11 is 0. The summed E-state index contributed by atoms with van der Waals surface area (Å²) in [6.45, 7) is 0. The summed E-state index contributed by atoms with van der Waals surface area (Å²) in [4.78, 5) is 11.0. The quantitative estimate of drug-likeness (QED) is 0.784. The van der Waals surface area contributed by atoms with Gasteiger partial charge in [-0.1, -0.05) is 12.1 Å². The summed E-state index contributed by atoms with van der Waals surface area (Å²) in [5.41, 5.74) is 1.56. The van der Waals surface area contributed by atoms with Gasteiger partial charge < -0.3 is 9.46 Å². The fourth-order valence-corrected chi connectivity index (χ4v) is 1.61. The number of anilines is 1. The van der Waals surface area contributed by atoms with E-state index in [1.165, 1.54) is 7.11 Å². The minimum absolute atomic E-state index is 0.225. The number of nitrogens with one attached hydrogen (secondary N) is 1. The minimum Gasteiger partial charge on any atom is -0.469 e. The molecule has 1 atom stereocenters. The molecule has 1 unspecified atom stereocenters. The number of carbonyl (C=O) groups is 1. The highest BCUT2D eigenvalue weighted by molar-refractivity contribution is 7.85. The second kappa shape index (κ2) is 5.50. The Morgan fingerprint density at radius 2 is 2.27 bits per heavy atom. The monoisotopic (exact) mass is 227 g/mol. The first kappa shape index (κ1) is 11.7. The summed E-state index contributed by atoms with van der Waals surface area (Å²) in [7, 11) is 0.247. The van der Waals surface area contributed by atoms with Gasteiger partial charge in [0.05, 0.1) is 13.5 Å². The molecule has 0 heterocycles. The molecule has 5 heteroatoms. The van der Waals surface area contributed by atoms with Crippen molar-refractivity contribution in [2.24, 2.45) is 0 Å². The van der Waals surface area contributed by atoms with E-state index >= 15 is 0 Å². The van der Waals surface area contributed by atoms with Crippen LogP contribution in [0.25, 0.3) is 0 Å². The van der Waals surface area contributed by atoms with E-state index in [9.17, 15) is 9.00 Å². The Kier molecular flexibility index (Phi) is 4.30. The number of hydrogen-bond acceptors (Lipinski definition) is 3. The van der Waals surface area contributed by atoms with Crippen molar-refractivity contribution >= 4 is 22.6 Å². The van der Waals surface area contributed by atoms with Crippen molar-refractivity contribution in [3.05, 3.63) is 29.8 Å². The molecule has 0 amide bonds. The molecule has 0 aliphatic rings. The third-order valence-corrected chi connectivity index (χ3v) is 2.29. The first-order valence-electron chi connectivity index (χ1n) is 4.37. The van der Waals surface area contributed by atoms with Gasteiger partial charge in [0, 0.05) is 11.9 Å². The van der Waals surface area contributed by atoms with Crippen LogP contribution in [0.15, 0.2) is 24.3 Å². The van der Waals surface area contributed by atoms with Gasteiger partial charge in [-0.2, -0.15) is 0 Å². The van der Waals surface area contributed by atoms with Crippen LogP contribution in [-0.4, -0.2) is 23.5 Å². The fourth-order valence-electron chi connectivity index (χ4n) is 1.15. The predicted molar refractivity (Wildman–Crippen MR) is 59.9 cm³/mol. The average molecular weight is 227 g/mol. The number of carbonyl (C=O) groups excluding carboxylic acids is 1. The number of rotatable bonds is 4. The Labute approximate surface area is 91.2 Å². The van der Waals surface area contributed by atoms with Crippen LogP contribution in [0.3, 0.4) is 0 Å². The maximum Gasteiger partial charge on any atom is 0.309 e. The molecular formula is C10H13NO3S. The maximum atomic E-state index is 11.0. The largest absolute Gasteiger partial charge is 0.469 e. The summed E-state index contributed by atoms with van der Waals surface area (Å²) in [6, 6.07) is 7.19. The van der Waals surface area contributed by atoms with Gasteiger partial charge in [-0.05, 0) is 17.7 Å². The van der Waals surface area contributed by atoms with Crippen LogP contribution in [-0.2, 0) is 26.9 Å². The van der Waals surface area contributed by atoms with Crippen molar-refractivity contribution in [1.82, 2.24) is 0 Å². The summed E-state index contributed by atoms with van der Waals surface area (Å²) in [5.74, 6) is -0.287. The summed E-state index contributed by atoms with van der Waals surface area (Å²) in [6.07, 6.45) is 1.77. The molecule has 0 saturated carbocycles. The fraction of sp³-hybridized carbons (Fsp3) is 0.300. The molecule has 0 fully saturated rings. The van der Waals surface area contributed by atoms with Crippen molar-refractivity contribution in [2.75, 3.05) is 18.1 Å². The highest BCUT2D eigenvalue weighted by Crippen LogP contribution is 2.11. The molecule has 1 rings (SSSR count). The number of esters is 1. The van der Waals surface area contributed by atoms with Gasteiger partial charge in [0.1, 0.15) is 11.0 Å². The van der Waals surface area contributed by atoms with Crippen LogP contribution in [0.4, 0.5) is 5.69 Å². The lowest BCUT2D eigenvalue weighted by molar-refractivity contribution is -0.139. The lowest BCUT2D eigenvalue weighted by Gasteiger charge is -2.04. The number of methoxy groups -OCH3 is 1. The molecule has 0 saturated heterocycles. The molecule has 0 aliphatic heterocycles. The van der Waals surface area contributed by atoms with Gasteiger partial charge in [0.25, 0.3) is 0 Å². The van der Waals surface area contributed by atoms with Crippen molar-refractivity contribution in [1.29, 1.82) is 0 Å². The van der Waals surface area contributed by atoms with Crippen LogP contribution in [0.1, 0.15) is 5.56 Å². The van der Waals surface area contributed by atoms with E-state index in [2.05, 4.69) is 9.46 Å². The van der Waals surface area contributed by atoms with E-state index in [4.69, 9.17) is 0 Å². The first-order chi connectivity index (χ1) is 7.11. The molecule has 0 radical (unpaired) electrons. The first-order valence-corrected chi connectivity index (χ1v) is 5.93. The van der Waals surface area contributed by atoms with Crippen molar-refractivity contribution in [3.63, 3.8) is 0 Å². The Morgan fingerprint density at radius 1 is 1.53 bits per heavy atom. The van der Waals surface area contributed by atoms with Crippen LogP contribution in [0.2, 0.25) is 0 Å². The predicted octanol–water partition coefficient (Wildman–Crippen LogP) is 1.11. The normalized spacial score (nSPS) is 11.9. The van der Waals surface area contributed by atoms with Gasteiger partial charge in [0.2, 0.25) is 0 Å². The van der Waals surface area contributed by atoms with Crippen LogP contribution in [0.5, 0.6) is 0 Å². The van der Waals surface area contributed by atoms with Gasteiger partial charge in [0.15, 0.2) is 0 Å². The Hall–Kier alpha value is -1.36. The molecule has 0 aromatic heterocycles. The SMILES string of the molecule is COC(=O)Cc1cccc(NS(C)=O)c1. The molecule has 1 aromatic rings. The summed E-state index contributed by atoms with van der Waals surface area (Å²) in [5, 5.41) is 0. The lowest BCUT2D eigenvalue weighted by Crippen LogP contribution is -2.05. The highest BCUT2D eigenvalue weighted by Gasteiger charge is 2.03. The van der Waals surface area contributed by atoms with Gasteiger partial charge in [-0.25, -0.2) is 4.21 Å². The van der Waals surface area contributed by atoms with Crippen molar-refractivity contribution in [3.8, 4) is 0 Å². The van der Waals surface area contributed by atoms with Crippen LogP contribution < -0.4 is 4.72 Å². The van der Waals surface area contributed by atoms with E-state index < -0.39 is 11.0 Å². The van der Waals surface area contributed by atoms with Crippen molar-refractivity contribution in [2.45, 2.75) is 6.42 Å². The lowest BCUT2D eigenvalue weighted by atomic mass is 10.1. The molecular weight excluding hydrogens is 214 g/mol. The molecule has 15 heavy (non-hydrogen) atoms. The molecule has 4 nitrogen and oxygen atoms in total. The van der Waals surface area contributed by atoms with E-state index in [1.54, 1.807) is 24.5 Å². The second-order valence-electron chi connectivity index (χ2n) is 3.01. The molecule has 0 aliphatic carbocycles. The third-order valence-electron chi connectivity index (χ3n) is 1.76. The molecule has 1 aromatic carbocycles. The van der Waals surface area contributed by atoms with E-state index in [1.807, 2.05) is 6.07 Å². The number of ether oxygens (including phenoxy) is 1. The van der Waals surface area contributed by atoms with Crippen molar-refractivity contribution < 1.29 is 13.7 Å². The third kappa shape index (κ3) is 4.12. The molecule has 0 bridgehead atoms. The second-order valence-corrected chi connectivity index (χ2v) is 4.12. The van der Waals surface area contributed by atoms with Crippen LogP contribution in [0, 0.1) is 0 Å². The average Bonchev–Trinajstić information content (AvgIpc) is 2.17. The Bertz CT molecular complexity index is 379. The van der Waals surface area contributed by atoms with Gasteiger partial charge in [-0.3, -0.25) is 4.79 Å². The molecule has 82 valence electrons. The van der Waals surface area contributed by atoms with E-state index in [-0.39, 0.29) is 12.4 Å². The van der Waals surface area contributed by atoms with Gasteiger partial charge >= 0.3 is 5.97 Å².